The van der Waals surface area contributed by atoms with Gasteiger partial charge in [-0.25, -0.2) is 14.6 Å². The molecule has 4 heterocycles. The lowest BCUT2D eigenvalue weighted by atomic mass is 9.98. The lowest BCUT2D eigenvalue weighted by Gasteiger charge is -2.30. The van der Waals surface area contributed by atoms with Crippen molar-refractivity contribution in [2.45, 2.75) is 84.0 Å². The van der Waals surface area contributed by atoms with Gasteiger partial charge in [0.2, 0.25) is 11.8 Å². The van der Waals surface area contributed by atoms with Gasteiger partial charge in [-0.15, -0.1) is 0 Å². The third-order valence-corrected chi connectivity index (χ3v) is 11.7. The van der Waals surface area contributed by atoms with E-state index in [4.69, 9.17) is 14.5 Å². The van der Waals surface area contributed by atoms with Gasteiger partial charge in [-0.3, -0.25) is 14.4 Å². The highest BCUT2D eigenvalue weighted by Crippen LogP contribution is 2.34. The van der Waals surface area contributed by atoms with Crippen molar-refractivity contribution in [1.82, 2.24) is 35.4 Å². The number of pyridine rings is 1. The van der Waals surface area contributed by atoms with Crippen LogP contribution in [0.3, 0.4) is 0 Å². The second-order valence-electron chi connectivity index (χ2n) is 16.3. The Bertz CT molecular complexity index is 2440. The van der Waals surface area contributed by atoms with Crippen molar-refractivity contribution in [3.05, 3.63) is 88.6 Å². The number of carbonyl (C=O) groups excluding carboxylic acids is 4. The van der Waals surface area contributed by atoms with Crippen LogP contribution in [-0.4, -0.2) is 94.2 Å². The van der Waals surface area contributed by atoms with Crippen LogP contribution in [0.4, 0.5) is 9.59 Å². The summed E-state index contributed by atoms with van der Waals surface area (Å²) >= 11 is 0. The Hall–Kier alpha value is -6.18. The van der Waals surface area contributed by atoms with Gasteiger partial charge in [0.1, 0.15) is 17.9 Å². The van der Waals surface area contributed by atoms with E-state index in [9.17, 15) is 24.0 Å². The fourth-order valence-electron chi connectivity index (χ4n) is 8.51. The standard InChI is InChI=1S/C45H53N7O7/c1-25(2)39(49-44(56)58-5)42(54)51-17-7-9-33(51)22-32-23-38(53)34-16-15-30(21-35(34)47-32)28-11-12-29-20-31(14-13-27(29)19-28)36-24-46-41(48-36)37-10-8-18-52(37)43(55)40(26(3)4)50-45(57)59-6/h11-16,19-21,23-26,33,37,39-40H,7-10,17-18,22H2,1-6H3,(H,46,48)(H,47,53)(H,49,56)(H,50,57)/t33?,37-,39-,40-/m0/s1. The molecule has 1 unspecified atom stereocenters. The molecule has 2 aliphatic heterocycles. The quantitative estimate of drug-likeness (QED) is 0.114. The van der Waals surface area contributed by atoms with E-state index in [1.807, 2.05) is 56.9 Å². The van der Waals surface area contributed by atoms with Crippen LogP contribution in [0.1, 0.15) is 70.9 Å². The number of nitrogens with one attached hydrogen (secondary N) is 4. The van der Waals surface area contributed by atoms with E-state index in [2.05, 4.69) is 50.9 Å². The molecular weight excluding hydrogens is 751 g/mol. The number of aromatic nitrogens is 3. The summed E-state index contributed by atoms with van der Waals surface area (Å²) in [6.45, 7) is 8.74. The zero-order valence-electron chi connectivity index (χ0n) is 34.5. The molecule has 4 atom stereocenters. The van der Waals surface area contributed by atoms with Crippen molar-refractivity contribution in [1.29, 1.82) is 0 Å². The third-order valence-electron chi connectivity index (χ3n) is 11.7. The number of likely N-dealkylation sites (tertiary alicyclic amines) is 2. The highest BCUT2D eigenvalue weighted by Gasteiger charge is 2.38. The summed E-state index contributed by atoms with van der Waals surface area (Å²) in [6, 6.07) is 18.2. The molecule has 4 amide bonds. The van der Waals surface area contributed by atoms with Crippen molar-refractivity contribution in [3.63, 3.8) is 0 Å². The van der Waals surface area contributed by atoms with Gasteiger partial charge < -0.3 is 39.9 Å². The number of benzene rings is 3. The summed E-state index contributed by atoms with van der Waals surface area (Å²) < 4.78 is 9.53. The smallest absolute Gasteiger partial charge is 0.407 e. The molecule has 5 aromatic rings. The van der Waals surface area contributed by atoms with Gasteiger partial charge in [-0.05, 0) is 83.7 Å². The Morgan fingerprint density at radius 1 is 0.746 bits per heavy atom. The Balaban J connectivity index is 1.08. The molecule has 0 bridgehead atoms. The first-order chi connectivity index (χ1) is 28.3. The molecule has 2 fully saturated rings. The van der Waals surface area contributed by atoms with Crippen molar-refractivity contribution >= 4 is 45.7 Å². The van der Waals surface area contributed by atoms with Gasteiger partial charge >= 0.3 is 12.2 Å². The molecule has 0 radical (unpaired) electrons. The number of alkyl carbamates (subject to hydrolysis) is 2. The highest BCUT2D eigenvalue weighted by molar-refractivity contribution is 5.92. The molecule has 310 valence electrons. The zero-order chi connectivity index (χ0) is 42.0. The van der Waals surface area contributed by atoms with Gasteiger partial charge in [0.05, 0.1) is 37.7 Å². The number of aromatic amines is 2. The number of methoxy groups -OCH3 is 2. The molecule has 2 aliphatic rings. The topological polar surface area (TPSA) is 179 Å². The highest BCUT2D eigenvalue weighted by atomic mass is 16.5. The molecule has 0 aliphatic carbocycles. The Labute approximate surface area is 343 Å². The van der Waals surface area contributed by atoms with Gasteiger partial charge in [-0.2, -0.15) is 0 Å². The number of hydrogen-bond donors (Lipinski definition) is 4. The Morgan fingerprint density at radius 2 is 1.32 bits per heavy atom. The number of carbonyl (C=O) groups is 4. The molecular formula is C45H53N7O7. The second-order valence-corrected chi connectivity index (χ2v) is 16.3. The molecule has 3 aromatic carbocycles. The normalized spacial score (nSPS) is 17.8. The lowest BCUT2D eigenvalue weighted by Crippen LogP contribution is -2.52. The molecule has 0 saturated carbocycles. The number of imidazole rings is 1. The van der Waals surface area contributed by atoms with Crippen LogP contribution in [0.15, 0.2) is 71.7 Å². The van der Waals surface area contributed by atoms with E-state index in [-0.39, 0.29) is 41.2 Å². The molecule has 4 N–H and O–H groups in total. The average Bonchev–Trinajstić information content (AvgIpc) is 4.02. The molecule has 59 heavy (non-hydrogen) atoms. The van der Waals surface area contributed by atoms with Crippen molar-refractivity contribution in [2.24, 2.45) is 11.8 Å². The first-order valence-electron chi connectivity index (χ1n) is 20.4. The minimum absolute atomic E-state index is 0.0841. The minimum atomic E-state index is -0.706. The molecule has 7 rings (SSSR count). The van der Waals surface area contributed by atoms with Crippen LogP contribution in [-0.2, 0) is 25.5 Å². The van der Waals surface area contributed by atoms with E-state index in [1.165, 1.54) is 14.2 Å². The Morgan fingerprint density at radius 3 is 1.98 bits per heavy atom. The van der Waals surface area contributed by atoms with E-state index >= 15 is 0 Å². The largest absolute Gasteiger partial charge is 0.453 e. The van der Waals surface area contributed by atoms with Gasteiger partial charge in [0.25, 0.3) is 0 Å². The summed E-state index contributed by atoms with van der Waals surface area (Å²) in [5.74, 6) is 0.170. The van der Waals surface area contributed by atoms with Crippen molar-refractivity contribution in [2.75, 3.05) is 27.3 Å². The van der Waals surface area contributed by atoms with Crippen LogP contribution < -0.4 is 16.1 Å². The fraction of sp³-hybridized carbons (Fsp3) is 0.422. The second kappa shape index (κ2) is 17.4. The summed E-state index contributed by atoms with van der Waals surface area (Å²) in [6.07, 6.45) is 4.26. The first-order valence-corrected chi connectivity index (χ1v) is 20.4. The fourth-order valence-corrected chi connectivity index (χ4v) is 8.51. The lowest BCUT2D eigenvalue weighted by molar-refractivity contribution is -0.136. The number of fused-ring (bicyclic) bond motifs is 2. The third kappa shape index (κ3) is 8.67. The molecule has 0 spiro atoms. The number of rotatable bonds is 11. The number of amides is 4. The molecule has 2 saturated heterocycles. The monoisotopic (exact) mass is 803 g/mol. The van der Waals surface area contributed by atoms with Crippen LogP contribution in [0.5, 0.6) is 0 Å². The van der Waals surface area contributed by atoms with Gasteiger partial charge in [-0.1, -0.05) is 58.0 Å². The number of hydrogen-bond acceptors (Lipinski definition) is 8. The van der Waals surface area contributed by atoms with Crippen LogP contribution in [0, 0.1) is 11.8 Å². The molecule has 14 nitrogen and oxygen atoms in total. The summed E-state index contributed by atoms with van der Waals surface area (Å²) in [5.41, 5.74) is 5.15. The molecule has 14 heteroatoms. The maximum Gasteiger partial charge on any atom is 0.407 e. The van der Waals surface area contributed by atoms with Crippen LogP contribution >= 0.6 is 0 Å². The number of ether oxygens (including phenoxy) is 2. The maximum absolute atomic E-state index is 13.6. The van der Waals surface area contributed by atoms with Crippen LogP contribution in [0.2, 0.25) is 0 Å². The minimum Gasteiger partial charge on any atom is -0.453 e. The summed E-state index contributed by atoms with van der Waals surface area (Å²) in [7, 11) is 2.57. The predicted molar refractivity (Wildman–Crippen MR) is 226 cm³/mol. The van der Waals surface area contributed by atoms with E-state index in [0.717, 1.165) is 70.1 Å². The zero-order valence-corrected chi connectivity index (χ0v) is 34.5. The van der Waals surface area contributed by atoms with E-state index in [1.54, 1.807) is 17.2 Å². The van der Waals surface area contributed by atoms with E-state index in [0.29, 0.717) is 30.7 Å². The van der Waals surface area contributed by atoms with Crippen LogP contribution in [0.25, 0.3) is 44.1 Å². The maximum atomic E-state index is 13.6. The number of H-pyrrole nitrogens is 2. The SMILES string of the molecule is COC(=O)N[C@H](C(=O)N1CCCC1Cc1cc(=O)c2ccc(-c3ccc4cc(-c5cnc([C@@H]6CCCN6C(=O)[C@@H](NC(=O)OC)C(C)C)[nH]5)ccc4c3)cc2[nH]1)C(C)C. The number of nitrogens with zero attached hydrogens (tertiary/aromatic N) is 3. The average molecular weight is 804 g/mol. The van der Waals surface area contributed by atoms with Crippen molar-refractivity contribution in [3.8, 4) is 22.4 Å². The summed E-state index contributed by atoms with van der Waals surface area (Å²) in [4.78, 5) is 79.8. The first kappa shape index (κ1) is 41.0. The van der Waals surface area contributed by atoms with Crippen molar-refractivity contribution < 1.29 is 28.7 Å². The molecule has 2 aromatic heterocycles. The summed E-state index contributed by atoms with van der Waals surface area (Å²) in [5, 5.41) is 8.07. The Kier molecular flexibility index (Phi) is 12.1. The van der Waals surface area contributed by atoms with Gasteiger partial charge in [0, 0.05) is 48.3 Å². The predicted octanol–water partition coefficient (Wildman–Crippen LogP) is 6.70. The van der Waals surface area contributed by atoms with Gasteiger partial charge in [0.15, 0.2) is 5.43 Å². The van der Waals surface area contributed by atoms with E-state index < -0.39 is 24.3 Å².